The summed E-state index contributed by atoms with van der Waals surface area (Å²) >= 11 is 1.89. The SMILES string of the molecule is CCn1nc(C)cc1CC(N)C1CCCc2sccc21. The van der Waals surface area contributed by atoms with E-state index < -0.39 is 0 Å². The lowest BCUT2D eigenvalue weighted by Crippen LogP contribution is -2.33. The van der Waals surface area contributed by atoms with Crippen LogP contribution in [0.15, 0.2) is 17.5 Å². The highest BCUT2D eigenvalue weighted by atomic mass is 32.1. The van der Waals surface area contributed by atoms with Gasteiger partial charge in [-0.25, -0.2) is 0 Å². The highest BCUT2D eigenvalue weighted by molar-refractivity contribution is 7.10. The maximum Gasteiger partial charge on any atom is 0.0596 e. The van der Waals surface area contributed by atoms with Gasteiger partial charge in [-0.2, -0.15) is 5.10 Å². The molecule has 0 bridgehead atoms. The van der Waals surface area contributed by atoms with Crippen LogP contribution in [0, 0.1) is 6.92 Å². The van der Waals surface area contributed by atoms with Crippen LogP contribution in [-0.4, -0.2) is 15.8 Å². The zero-order valence-electron chi connectivity index (χ0n) is 12.3. The number of rotatable bonds is 4. The van der Waals surface area contributed by atoms with Crippen LogP contribution in [0.5, 0.6) is 0 Å². The van der Waals surface area contributed by atoms with Crippen LogP contribution in [0.1, 0.15) is 47.5 Å². The highest BCUT2D eigenvalue weighted by Gasteiger charge is 2.27. The predicted molar refractivity (Wildman–Crippen MR) is 84.3 cm³/mol. The molecule has 2 heterocycles. The first-order valence-corrected chi connectivity index (χ1v) is 8.42. The van der Waals surface area contributed by atoms with Crippen molar-refractivity contribution in [3.05, 3.63) is 39.3 Å². The summed E-state index contributed by atoms with van der Waals surface area (Å²) in [5.74, 6) is 0.519. The summed E-state index contributed by atoms with van der Waals surface area (Å²) in [6.45, 7) is 5.11. The van der Waals surface area contributed by atoms with Crippen LogP contribution < -0.4 is 5.73 Å². The Kier molecular flexibility index (Phi) is 3.94. The van der Waals surface area contributed by atoms with Gasteiger partial charge in [-0.15, -0.1) is 11.3 Å². The smallest absolute Gasteiger partial charge is 0.0596 e. The lowest BCUT2D eigenvalue weighted by molar-refractivity contribution is 0.451. The molecule has 4 heteroatoms. The Bertz CT molecular complexity index is 584. The number of hydrogen-bond donors (Lipinski definition) is 1. The molecule has 0 spiro atoms. The fraction of sp³-hybridized carbons (Fsp3) is 0.562. The molecule has 0 saturated heterocycles. The van der Waals surface area contributed by atoms with E-state index in [4.69, 9.17) is 5.73 Å². The number of nitrogens with zero attached hydrogens (tertiary/aromatic N) is 2. The highest BCUT2D eigenvalue weighted by Crippen LogP contribution is 2.37. The zero-order valence-corrected chi connectivity index (χ0v) is 13.1. The molecule has 2 N–H and O–H groups in total. The summed E-state index contributed by atoms with van der Waals surface area (Å²) in [4.78, 5) is 1.55. The average molecular weight is 289 g/mol. The normalized spacial score (nSPS) is 19.9. The third kappa shape index (κ3) is 2.54. The number of thiophene rings is 1. The molecule has 0 radical (unpaired) electrons. The molecule has 2 aromatic rings. The predicted octanol–water partition coefficient (Wildman–Crippen LogP) is 3.26. The molecular formula is C16H23N3S. The molecule has 0 amide bonds. The van der Waals surface area contributed by atoms with Crippen LogP contribution in [0.4, 0.5) is 0 Å². The average Bonchev–Trinajstić information content (AvgIpc) is 3.04. The molecule has 108 valence electrons. The summed E-state index contributed by atoms with van der Waals surface area (Å²) < 4.78 is 2.09. The Morgan fingerprint density at radius 3 is 3.20 bits per heavy atom. The van der Waals surface area contributed by atoms with E-state index in [2.05, 4.69) is 41.1 Å². The molecule has 0 fully saturated rings. The van der Waals surface area contributed by atoms with E-state index in [1.165, 1.54) is 30.5 Å². The van der Waals surface area contributed by atoms with Crippen LogP contribution >= 0.6 is 11.3 Å². The van der Waals surface area contributed by atoms with E-state index in [0.717, 1.165) is 18.7 Å². The van der Waals surface area contributed by atoms with E-state index in [9.17, 15) is 0 Å². The van der Waals surface area contributed by atoms with Crippen molar-refractivity contribution >= 4 is 11.3 Å². The summed E-state index contributed by atoms with van der Waals surface area (Å²) in [6, 6.07) is 4.66. The van der Waals surface area contributed by atoms with Gasteiger partial charge in [0.2, 0.25) is 0 Å². The number of nitrogens with two attached hydrogens (primary N) is 1. The Balaban J connectivity index is 1.79. The Morgan fingerprint density at radius 2 is 2.40 bits per heavy atom. The Labute approximate surface area is 124 Å². The number of aromatic nitrogens is 2. The molecule has 2 atom stereocenters. The van der Waals surface area contributed by atoms with Gasteiger partial charge in [0.25, 0.3) is 0 Å². The van der Waals surface area contributed by atoms with Crippen molar-refractivity contribution in [2.24, 2.45) is 5.73 Å². The summed E-state index contributed by atoms with van der Waals surface area (Å²) in [6.07, 6.45) is 4.67. The van der Waals surface area contributed by atoms with Crippen LogP contribution in [0.3, 0.4) is 0 Å². The molecule has 0 aromatic carbocycles. The fourth-order valence-electron chi connectivity index (χ4n) is 3.39. The van der Waals surface area contributed by atoms with E-state index in [1.54, 1.807) is 4.88 Å². The van der Waals surface area contributed by atoms with Crippen molar-refractivity contribution < 1.29 is 0 Å². The van der Waals surface area contributed by atoms with Crippen molar-refractivity contribution in [1.82, 2.24) is 9.78 Å². The molecular weight excluding hydrogens is 266 g/mol. The van der Waals surface area contributed by atoms with E-state index in [1.807, 2.05) is 11.3 Å². The number of fused-ring (bicyclic) bond motifs is 1. The standard InChI is InChI=1S/C16H23N3S/c1-3-19-12(9-11(2)18-19)10-15(17)13-5-4-6-16-14(13)7-8-20-16/h7-9,13,15H,3-6,10,17H2,1-2H3. The van der Waals surface area contributed by atoms with Gasteiger partial charge >= 0.3 is 0 Å². The maximum absolute atomic E-state index is 6.55. The number of aryl methyl sites for hydroxylation is 3. The van der Waals surface area contributed by atoms with Crippen molar-refractivity contribution in [1.29, 1.82) is 0 Å². The molecule has 2 aromatic heterocycles. The first kappa shape index (κ1) is 13.8. The molecule has 2 unspecified atom stereocenters. The monoisotopic (exact) mass is 289 g/mol. The third-order valence-corrected chi connectivity index (χ3v) is 5.34. The van der Waals surface area contributed by atoms with Gasteiger partial charge in [0, 0.05) is 35.5 Å². The topological polar surface area (TPSA) is 43.8 Å². The van der Waals surface area contributed by atoms with Gasteiger partial charge in [-0.3, -0.25) is 4.68 Å². The molecule has 1 aliphatic rings. The maximum atomic E-state index is 6.55. The third-order valence-electron chi connectivity index (χ3n) is 4.34. The quantitative estimate of drug-likeness (QED) is 0.939. The van der Waals surface area contributed by atoms with Gasteiger partial charge in [-0.05, 0) is 56.2 Å². The minimum Gasteiger partial charge on any atom is -0.327 e. The molecule has 1 aliphatic carbocycles. The summed E-state index contributed by atoms with van der Waals surface area (Å²) in [5.41, 5.74) is 10.4. The van der Waals surface area contributed by atoms with Gasteiger partial charge in [0.15, 0.2) is 0 Å². The molecule has 20 heavy (non-hydrogen) atoms. The Morgan fingerprint density at radius 1 is 1.55 bits per heavy atom. The van der Waals surface area contributed by atoms with Crippen LogP contribution in [0.25, 0.3) is 0 Å². The zero-order chi connectivity index (χ0) is 14.1. The van der Waals surface area contributed by atoms with Crippen LogP contribution in [-0.2, 0) is 19.4 Å². The van der Waals surface area contributed by atoms with Gasteiger partial charge in [-0.1, -0.05) is 0 Å². The first-order chi connectivity index (χ1) is 9.69. The first-order valence-electron chi connectivity index (χ1n) is 7.54. The second kappa shape index (κ2) is 5.70. The molecule has 0 aliphatic heterocycles. The van der Waals surface area contributed by atoms with Gasteiger partial charge in [0.1, 0.15) is 0 Å². The van der Waals surface area contributed by atoms with Crippen LogP contribution in [0.2, 0.25) is 0 Å². The lowest BCUT2D eigenvalue weighted by Gasteiger charge is -2.28. The van der Waals surface area contributed by atoms with E-state index >= 15 is 0 Å². The molecule has 3 rings (SSSR count). The van der Waals surface area contributed by atoms with E-state index in [-0.39, 0.29) is 6.04 Å². The van der Waals surface area contributed by atoms with E-state index in [0.29, 0.717) is 5.92 Å². The van der Waals surface area contributed by atoms with Crippen molar-refractivity contribution in [3.63, 3.8) is 0 Å². The second-order valence-corrected chi connectivity index (χ2v) is 6.76. The minimum absolute atomic E-state index is 0.199. The van der Waals surface area contributed by atoms with Gasteiger partial charge in [0.05, 0.1) is 5.69 Å². The number of hydrogen-bond acceptors (Lipinski definition) is 3. The fourth-order valence-corrected chi connectivity index (χ4v) is 4.38. The second-order valence-electron chi connectivity index (χ2n) is 5.76. The van der Waals surface area contributed by atoms with Crippen molar-refractivity contribution in [3.8, 4) is 0 Å². The summed E-state index contributed by atoms with van der Waals surface area (Å²) in [7, 11) is 0. The summed E-state index contributed by atoms with van der Waals surface area (Å²) in [5, 5.41) is 6.74. The largest absolute Gasteiger partial charge is 0.327 e. The van der Waals surface area contributed by atoms with Gasteiger partial charge < -0.3 is 5.73 Å². The van der Waals surface area contributed by atoms with Crippen molar-refractivity contribution in [2.45, 2.75) is 58.0 Å². The minimum atomic E-state index is 0.199. The molecule has 0 saturated carbocycles. The molecule has 3 nitrogen and oxygen atoms in total. The Hall–Kier alpha value is -1.13. The van der Waals surface area contributed by atoms with Crippen molar-refractivity contribution in [2.75, 3.05) is 0 Å². The lowest BCUT2D eigenvalue weighted by atomic mass is 9.81.